The van der Waals surface area contributed by atoms with Gasteiger partial charge in [-0.25, -0.2) is 0 Å². The van der Waals surface area contributed by atoms with Crippen LogP contribution >= 0.6 is 0 Å². The van der Waals surface area contributed by atoms with Gasteiger partial charge in [-0.15, -0.1) is 0 Å². The van der Waals surface area contributed by atoms with Crippen molar-refractivity contribution in [2.24, 2.45) is 0 Å². The van der Waals surface area contributed by atoms with Gasteiger partial charge in [0.2, 0.25) is 11.8 Å². The molecule has 0 saturated carbocycles. The minimum absolute atomic E-state index is 0.0157. The van der Waals surface area contributed by atoms with Crippen LogP contribution in [0.5, 0.6) is 5.75 Å². The van der Waals surface area contributed by atoms with E-state index in [0.29, 0.717) is 26.0 Å². The number of nitrogens with zero attached hydrogens (tertiary/aromatic N) is 1. The molecular weight excluding hydrogens is 354 g/mol. The summed E-state index contributed by atoms with van der Waals surface area (Å²) in [6.07, 6.45) is 1.07. The van der Waals surface area contributed by atoms with E-state index in [4.69, 9.17) is 4.74 Å². The monoisotopic (exact) mass is 381 g/mol. The van der Waals surface area contributed by atoms with Crippen molar-refractivity contribution in [1.29, 1.82) is 0 Å². The quantitative estimate of drug-likeness (QED) is 0.774. The number of hydrogen-bond donors (Lipinski definition) is 2. The summed E-state index contributed by atoms with van der Waals surface area (Å²) in [7, 11) is 1.91. The summed E-state index contributed by atoms with van der Waals surface area (Å²) in [6, 6.07) is 17.1. The van der Waals surface area contributed by atoms with Crippen LogP contribution in [0, 0.1) is 0 Å². The fourth-order valence-corrected chi connectivity index (χ4v) is 3.34. The molecule has 0 spiro atoms. The molecule has 2 atom stereocenters. The number of rotatable bonds is 7. The molecule has 6 nitrogen and oxygen atoms in total. The Labute approximate surface area is 165 Å². The van der Waals surface area contributed by atoms with Crippen LogP contribution in [0.25, 0.3) is 0 Å². The first-order chi connectivity index (χ1) is 13.5. The zero-order valence-corrected chi connectivity index (χ0v) is 16.4. The second-order valence-corrected chi connectivity index (χ2v) is 7.10. The lowest BCUT2D eigenvalue weighted by Gasteiger charge is -2.18. The number of carbonyl (C=O) groups excluding carboxylic acids is 2. The zero-order valence-electron chi connectivity index (χ0n) is 16.4. The largest absolute Gasteiger partial charge is 0.489 e. The van der Waals surface area contributed by atoms with E-state index in [1.807, 2.05) is 73.5 Å². The number of carbonyl (C=O) groups is 2. The van der Waals surface area contributed by atoms with Gasteiger partial charge in [0.15, 0.2) is 0 Å². The number of anilines is 1. The number of ether oxygens (including phenoxy) is 1. The highest BCUT2D eigenvalue weighted by molar-refractivity contribution is 5.95. The average molecular weight is 381 g/mol. The highest BCUT2D eigenvalue weighted by Crippen LogP contribution is 2.20. The normalized spacial score (nSPS) is 19.2. The summed E-state index contributed by atoms with van der Waals surface area (Å²) in [5, 5.41) is 5.92. The minimum atomic E-state index is -0.254. The molecule has 28 heavy (non-hydrogen) atoms. The molecule has 1 aliphatic rings. The maximum absolute atomic E-state index is 12.6. The van der Waals surface area contributed by atoms with Gasteiger partial charge in [0.25, 0.3) is 0 Å². The summed E-state index contributed by atoms with van der Waals surface area (Å²) < 4.78 is 5.77. The minimum Gasteiger partial charge on any atom is -0.489 e. The third-order valence-electron chi connectivity index (χ3n) is 4.91. The lowest BCUT2D eigenvalue weighted by atomic mass is 10.1. The molecule has 6 heteroatoms. The smallest absolute Gasteiger partial charge is 0.241 e. The zero-order chi connectivity index (χ0) is 19.9. The molecule has 0 aromatic heterocycles. The van der Waals surface area contributed by atoms with Gasteiger partial charge < -0.3 is 15.4 Å². The van der Waals surface area contributed by atoms with Crippen LogP contribution in [0.3, 0.4) is 0 Å². The molecule has 0 radical (unpaired) electrons. The molecule has 0 unspecified atom stereocenters. The van der Waals surface area contributed by atoms with Crippen LogP contribution in [0.2, 0.25) is 0 Å². The molecule has 2 aromatic rings. The first kappa shape index (κ1) is 19.9. The first-order valence-corrected chi connectivity index (χ1v) is 9.62. The number of benzene rings is 2. The molecule has 2 amide bonds. The van der Waals surface area contributed by atoms with E-state index in [0.717, 1.165) is 17.0 Å². The fraction of sp³-hybridized carbons (Fsp3) is 0.364. The standard InChI is InChI=1S/C22H27N3O3/c1-3-21(26)23-18-13-20(25(2)14-18)22(27)24-17-9-11-19(12-10-17)28-15-16-7-5-4-6-8-16/h4-12,18,20H,3,13-15H2,1-2H3,(H,23,26)(H,24,27)/t18-,20+/m1/s1. The van der Waals surface area contributed by atoms with Crippen LogP contribution in [0.15, 0.2) is 54.6 Å². The van der Waals surface area contributed by atoms with E-state index >= 15 is 0 Å². The predicted octanol–water partition coefficient (Wildman–Crippen LogP) is 2.80. The second-order valence-electron chi connectivity index (χ2n) is 7.10. The maximum atomic E-state index is 12.6. The first-order valence-electron chi connectivity index (χ1n) is 9.62. The molecule has 1 fully saturated rings. The SMILES string of the molecule is CCC(=O)N[C@@H]1C[C@@H](C(=O)Nc2ccc(OCc3ccccc3)cc2)N(C)C1. The van der Waals surface area contributed by atoms with Gasteiger partial charge in [0.05, 0.1) is 6.04 Å². The molecule has 2 N–H and O–H groups in total. The lowest BCUT2D eigenvalue weighted by Crippen LogP contribution is -2.37. The highest BCUT2D eigenvalue weighted by Gasteiger charge is 2.34. The van der Waals surface area contributed by atoms with Gasteiger partial charge in [-0.3, -0.25) is 14.5 Å². The van der Waals surface area contributed by atoms with Crippen LogP contribution in [-0.2, 0) is 16.2 Å². The molecule has 3 rings (SSSR count). The van der Waals surface area contributed by atoms with E-state index in [9.17, 15) is 9.59 Å². The van der Waals surface area contributed by atoms with E-state index in [1.54, 1.807) is 0 Å². The molecule has 0 bridgehead atoms. The maximum Gasteiger partial charge on any atom is 0.241 e. The van der Waals surface area contributed by atoms with Crippen LogP contribution in [0.1, 0.15) is 25.3 Å². The number of amides is 2. The summed E-state index contributed by atoms with van der Waals surface area (Å²) in [4.78, 5) is 26.2. The van der Waals surface area contributed by atoms with E-state index in [2.05, 4.69) is 10.6 Å². The Kier molecular flexibility index (Phi) is 6.66. The fourth-order valence-electron chi connectivity index (χ4n) is 3.34. The average Bonchev–Trinajstić information content (AvgIpc) is 3.08. The molecule has 1 aliphatic heterocycles. The van der Waals surface area contributed by atoms with Crippen LogP contribution in [-0.4, -0.2) is 42.4 Å². The Hall–Kier alpha value is -2.86. The summed E-state index contributed by atoms with van der Waals surface area (Å²) >= 11 is 0. The molecule has 1 saturated heterocycles. The molecule has 1 heterocycles. The van der Waals surface area contributed by atoms with Crippen molar-refractivity contribution in [2.45, 2.75) is 38.5 Å². The Morgan fingerprint density at radius 3 is 2.50 bits per heavy atom. The third-order valence-corrected chi connectivity index (χ3v) is 4.91. The van der Waals surface area contributed by atoms with Crippen molar-refractivity contribution >= 4 is 17.5 Å². The Bertz CT molecular complexity index is 792. The van der Waals surface area contributed by atoms with Crippen molar-refractivity contribution in [1.82, 2.24) is 10.2 Å². The summed E-state index contributed by atoms with van der Waals surface area (Å²) in [5.41, 5.74) is 1.83. The van der Waals surface area contributed by atoms with Crippen molar-refractivity contribution in [3.05, 3.63) is 60.2 Å². The van der Waals surface area contributed by atoms with Gasteiger partial charge in [-0.2, -0.15) is 0 Å². The number of likely N-dealkylation sites (N-methyl/N-ethyl adjacent to an activating group) is 1. The topological polar surface area (TPSA) is 70.7 Å². The van der Waals surface area contributed by atoms with Gasteiger partial charge in [-0.05, 0) is 43.3 Å². The third kappa shape index (κ3) is 5.33. The van der Waals surface area contributed by atoms with Gasteiger partial charge in [-0.1, -0.05) is 37.3 Å². The molecular formula is C22H27N3O3. The molecule has 0 aliphatic carbocycles. The van der Waals surface area contributed by atoms with Gasteiger partial charge in [0.1, 0.15) is 12.4 Å². The van der Waals surface area contributed by atoms with Crippen molar-refractivity contribution in [2.75, 3.05) is 18.9 Å². The van der Waals surface area contributed by atoms with Crippen molar-refractivity contribution in [3.8, 4) is 5.75 Å². The Morgan fingerprint density at radius 2 is 1.82 bits per heavy atom. The number of nitrogens with one attached hydrogen (secondary N) is 2. The van der Waals surface area contributed by atoms with Gasteiger partial charge in [0, 0.05) is 24.7 Å². The lowest BCUT2D eigenvalue weighted by molar-refractivity contribution is -0.122. The predicted molar refractivity (Wildman–Crippen MR) is 109 cm³/mol. The van der Waals surface area contributed by atoms with E-state index in [-0.39, 0.29) is 23.9 Å². The van der Waals surface area contributed by atoms with Crippen LogP contribution in [0.4, 0.5) is 5.69 Å². The second kappa shape index (κ2) is 9.37. The number of hydrogen-bond acceptors (Lipinski definition) is 4. The molecule has 2 aromatic carbocycles. The van der Waals surface area contributed by atoms with Gasteiger partial charge >= 0.3 is 0 Å². The van der Waals surface area contributed by atoms with Crippen molar-refractivity contribution < 1.29 is 14.3 Å². The van der Waals surface area contributed by atoms with Crippen molar-refractivity contribution in [3.63, 3.8) is 0 Å². The van der Waals surface area contributed by atoms with Crippen LogP contribution < -0.4 is 15.4 Å². The summed E-state index contributed by atoms with van der Waals surface area (Å²) in [5.74, 6) is 0.710. The molecule has 148 valence electrons. The van der Waals surface area contributed by atoms with E-state index < -0.39 is 0 Å². The van der Waals surface area contributed by atoms with E-state index in [1.165, 1.54) is 0 Å². The summed E-state index contributed by atoms with van der Waals surface area (Å²) in [6.45, 7) is 3.01. The highest BCUT2D eigenvalue weighted by atomic mass is 16.5. The number of likely N-dealkylation sites (tertiary alicyclic amines) is 1. The Morgan fingerprint density at radius 1 is 1.11 bits per heavy atom. The Balaban J connectivity index is 1.51.